The van der Waals surface area contributed by atoms with Gasteiger partial charge in [-0.3, -0.25) is 9.59 Å². The minimum absolute atomic E-state index is 0.909. The third-order valence-corrected chi connectivity index (χ3v) is 1.93. The van der Waals surface area contributed by atoms with Gasteiger partial charge in [-0.1, -0.05) is 0 Å². The van der Waals surface area contributed by atoms with Gasteiger partial charge in [0.25, 0.3) is 0 Å². The van der Waals surface area contributed by atoms with Crippen molar-refractivity contribution in [3.05, 3.63) is 0 Å². The SMILES string of the molecule is CC(=O)O[C@]1(C(C)=O)C(=O)OC(=O)[C@H]1O. The van der Waals surface area contributed by atoms with Crippen LogP contribution in [-0.2, 0) is 28.7 Å². The van der Waals surface area contributed by atoms with Crippen LogP contribution < -0.4 is 0 Å². The fraction of sp³-hybridized carbons (Fsp3) is 0.500. The van der Waals surface area contributed by atoms with Crippen molar-refractivity contribution in [3.8, 4) is 0 Å². The molecule has 0 radical (unpaired) electrons. The summed E-state index contributed by atoms with van der Waals surface area (Å²) in [6.45, 7) is 1.85. The first-order valence-electron chi connectivity index (χ1n) is 3.97. The molecule has 7 nitrogen and oxygen atoms in total. The van der Waals surface area contributed by atoms with E-state index in [4.69, 9.17) is 0 Å². The maximum atomic E-state index is 11.2. The molecule has 1 N–H and O–H groups in total. The van der Waals surface area contributed by atoms with Crippen molar-refractivity contribution in [2.45, 2.75) is 25.6 Å². The standard InChI is InChI=1S/C8H8O7/c1-3(9)8(15-4(2)10)5(11)6(12)14-7(8)13/h5,11H,1-2H3/t5-,8+/m1/s1. The van der Waals surface area contributed by atoms with Gasteiger partial charge >= 0.3 is 23.5 Å². The molecule has 1 aliphatic rings. The number of hydrogen-bond donors (Lipinski definition) is 1. The lowest BCUT2D eigenvalue weighted by atomic mass is 9.94. The molecular formula is C8H8O7. The topological polar surface area (TPSA) is 107 Å². The molecule has 0 aromatic rings. The fourth-order valence-corrected chi connectivity index (χ4v) is 1.23. The van der Waals surface area contributed by atoms with Gasteiger partial charge in [0.15, 0.2) is 5.78 Å². The molecule has 1 heterocycles. The summed E-state index contributed by atoms with van der Waals surface area (Å²) in [7, 11) is 0. The predicted molar refractivity (Wildman–Crippen MR) is 42.3 cm³/mol. The molecule has 2 atom stereocenters. The first-order chi connectivity index (χ1) is 6.82. The molecule has 0 aromatic heterocycles. The predicted octanol–water partition coefficient (Wildman–Crippen LogP) is -1.68. The normalized spacial score (nSPS) is 29.9. The van der Waals surface area contributed by atoms with Crippen LogP contribution in [0.3, 0.4) is 0 Å². The molecule has 0 saturated carbocycles. The van der Waals surface area contributed by atoms with Gasteiger partial charge in [-0.05, 0) is 6.92 Å². The molecule has 0 bridgehead atoms. The second kappa shape index (κ2) is 3.43. The highest BCUT2D eigenvalue weighted by Gasteiger charge is 2.64. The third-order valence-electron chi connectivity index (χ3n) is 1.93. The minimum atomic E-state index is -2.54. The molecule has 1 rings (SSSR count). The number of carbonyl (C=O) groups is 4. The first-order valence-corrected chi connectivity index (χ1v) is 3.97. The smallest absolute Gasteiger partial charge is 0.369 e. The van der Waals surface area contributed by atoms with Gasteiger partial charge in [0.1, 0.15) is 0 Å². The monoisotopic (exact) mass is 216 g/mol. The summed E-state index contributed by atoms with van der Waals surface area (Å²) < 4.78 is 8.45. The van der Waals surface area contributed by atoms with Crippen LogP contribution in [0.15, 0.2) is 0 Å². The molecule has 1 saturated heterocycles. The summed E-state index contributed by atoms with van der Waals surface area (Å²) in [6.07, 6.45) is -2.11. The zero-order valence-corrected chi connectivity index (χ0v) is 7.97. The maximum Gasteiger partial charge on any atom is 0.369 e. The molecular weight excluding hydrogens is 208 g/mol. The van der Waals surface area contributed by atoms with Crippen LogP contribution in [0.1, 0.15) is 13.8 Å². The largest absolute Gasteiger partial charge is 0.435 e. The van der Waals surface area contributed by atoms with E-state index in [2.05, 4.69) is 9.47 Å². The summed E-state index contributed by atoms with van der Waals surface area (Å²) in [5.74, 6) is -4.63. The Morgan fingerprint density at radius 1 is 1.40 bits per heavy atom. The number of aliphatic hydroxyl groups is 1. The quantitative estimate of drug-likeness (QED) is 0.434. The van der Waals surface area contributed by atoms with E-state index in [9.17, 15) is 24.3 Å². The Morgan fingerprint density at radius 3 is 2.20 bits per heavy atom. The molecule has 0 aromatic carbocycles. The Labute approximate surface area is 84.0 Å². The Hall–Kier alpha value is -1.76. The highest BCUT2D eigenvalue weighted by Crippen LogP contribution is 2.27. The summed E-state index contributed by atoms with van der Waals surface area (Å²) in [6, 6.07) is 0. The molecule has 0 amide bonds. The van der Waals surface area contributed by atoms with Crippen LogP contribution in [-0.4, -0.2) is 40.5 Å². The Balaban J connectivity index is 3.21. The van der Waals surface area contributed by atoms with Crippen molar-refractivity contribution in [2.75, 3.05) is 0 Å². The summed E-state index contributed by atoms with van der Waals surface area (Å²) in [4.78, 5) is 43.9. The Kier molecular flexibility index (Phi) is 2.59. The van der Waals surface area contributed by atoms with Crippen molar-refractivity contribution in [1.29, 1.82) is 0 Å². The number of Topliss-reactive ketones (excluding diaryl/α,β-unsaturated/α-hetero) is 1. The van der Waals surface area contributed by atoms with Crippen LogP contribution in [0.5, 0.6) is 0 Å². The first kappa shape index (κ1) is 11.3. The van der Waals surface area contributed by atoms with Crippen molar-refractivity contribution < 1.29 is 33.8 Å². The highest BCUT2D eigenvalue weighted by molar-refractivity contribution is 6.18. The molecule has 7 heteroatoms. The van der Waals surface area contributed by atoms with E-state index in [1.807, 2.05) is 0 Å². The Morgan fingerprint density at radius 2 is 1.93 bits per heavy atom. The van der Waals surface area contributed by atoms with Crippen LogP contribution in [0.25, 0.3) is 0 Å². The van der Waals surface area contributed by atoms with Crippen LogP contribution in [0.2, 0.25) is 0 Å². The van der Waals surface area contributed by atoms with Gasteiger partial charge in [0.05, 0.1) is 0 Å². The van der Waals surface area contributed by atoms with E-state index < -0.39 is 35.4 Å². The summed E-state index contributed by atoms with van der Waals surface area (Å²) >= 11 is 0. The molecule has 0 spiro atoms. The van der Waals surface area contributed by atoms with Crippen LogP contribution >= 0.6 is 0 Å². The highest BCUT2D eigenvalue weighted by atomic mass is 16.7. The van der Waals surface area contributed by atoms with Crippen molar-refractivity contribution in [1.82, 2.24) is 0 Å². The molecule has 0 unspecified atom stereocenters. The average Bonchev–Trinajstić information content (AvgIpc) is 2.29. The number of cyclic esters (lactones) is 2. The second-order valence-corrected chi connectivity index (χ2v) is 3.00. The third kappa shape index (κ3) is 1.50. The lowest BCUT2D eigenvalue weighted by Gasteiger charge is -2.22. The summed E-state index contributed by atoms with van der Waals surface area (Å²) in [5.41, 5.74) is -2.54. The maximum absolute atomic E-state index is 11.2. The van der Waals surface area contributed by atoms with E-state index in [1.54, 1.807) is 0 Å². The van der Waals surface area contributed by atoms with E-state index in [-0.39, 0.29) is 0 Å². The van der Waals surface area contributed by atoms with Gasteiger partial charge < -0.3 is 14.6 Å². The van der Waals surface area contributed by atoms with Crippen molar-refractivity contribution >= 4 is 23.7 Å². The number of esters is 3. The average molecular weight is 216 g/mol. The van der Waals surface area contributed by atoms with Gasteiger partial charge in [0.2, 0.25) is 6.10 Å². The van der Waals surface area contributed by atoms with Gasteiger partial charge in [-0.2, -0.15) is 0 Å². The molecule has 0 aliphatic carbocycles. The number of rotatable bonds is 2. The second-order valence-electron chi connectivity index (χ2n) is 3.00. The van der Waals surface area contributed by atoms with E-state index in [1.165, 1.54) is 0 Å². The number of ether oxygens (including phenoxy) is 2. The molecule has 1 fully saturated rings. The number of aliphatic hydroxyl groups excluding tert-OH is 1. The lowest BCUT2D eigenvalue weighted by molar-refractivity contribution is -0.181. The molecule has 15 heavy (non-hydrogen) atoms. The van der Waals surface area contributed by atoms with E-state index >= 15 is 0 Å². The molecule has 82 valence electrons. The van der Waals surface area contributed by atoms with E-state index in [0.717, 1.165) is 13.8 Å². The van der Waals surface area contributed by atoms with Gasteiger partial charge in [-0.15, -0.1) is 0 Å². The lowest BCUT2D eigenvalue weighted by Crippen LogP contribution is -2.54. The van der Waals surface area contributed by atoms with Crippen molar-refractivity contribution in [2.24, 2.45) is 0 Å². The Bertz CT molecular complexity index is 358. The van der Waals surface area contributed by atoms with Crippen molar-refractivity contribution in [3.63, 3.8) is 0 Å². The van der Waals surface area contributed by atoms with Gasteiger partial charge in [0, 0.05) is 6.92 Å². The number of hydrogen-bond acceptors (Lipinski definition) is 7. The van der Waals surface area contributed by atoms with E-state index in [0.29, 0.717) is 0 Å². The fourth-order valence-electron chi connectivity index (χ4n) is 1.23. The van der Waals surface area contributed by atoms with Crippen LogP contribution in [0.4, 0.5) is 0 Å². The number of carbonyl (C=O) groups excluding carboxylic acids is 4. The zero-order valence-electron chi connectivity index (χ0n) is 7.97. The molecule has 1 aliphatic heterocycles. The zero-order chi connectivity index (χ0) is 11.8. The number of ketones is 1. The minimum Gasteiger partial charge on any atom is -0.435 e. The van der Waals surface area contributed by atoms with Crippen LogP contribution in [0, 0.1) is 0 Å². The summed E-state index contributed by atoms with van der Waals surface area (Å²) in [5, 5.41) is 9.30. The van der Waals surface area contributed by atoms with Gasteiger partial charge in [-0.25, -0.2) is 9.59 Å².